The van der Waals surface area contributed by atoms with Crippen LogP contribution < -0.4 is 0 Å². The molecule has 0 aliphatic rings. The van der Waals surface area contributed by atoms with Crippen molar-refractivity contribution in [3.8, 4) is 0 Å². The van der Waals surface area contributed by atoms with Gasteiger partial charge in [0.15, 0.2) is 12.1 Å². The van der Waals surface area contributed by atoms with Gasteiger partial charge in [0.25, 0.3) is 0 Å². The SMILES string of the molecule is CCCCCCC(=O)C=O.F[P-](F)(F)(F)(F)F.[H+]. The van der Waals surface area contributed by atoms with Crippen molar-refractivity contribution in [2.45, 2.75) is 39.0 Å². The van der Waals surface area contributed by atoms with Crippen molar-refractivity contribution < 1.29 is 36.2 Å². The summed E-state index contributed by atoms with van der Waals surface area (Å²) in [6.45, 7) is 2.11. The zero-order chi connectivity index (χ0) is 14.2. The molecule has 0 atom stereocenters. The maximum Gasteiger partial charge on any atom is 1.00 e. The standard InChI is InChI=1S/C8H14O2.F6P/c1-2-3-4-5-6-8(10)7-9;1-7(2,3,4,5)6/h7H,2-6H2,1H3;/q;-1/p+1. The largest absolute Gasteiger partial charge is 1.00 e. The molecule has 0 spiro atoms. The van der Waals surface area contributed by atoms with Crippen LogP contribution in [0.25, 0.3) is 0 Å². The van der Waals surface area contributed by atoms with Gasteiger partial charge in [-0.05, 0) is 6.42 Å². The van der Waals surface area contributed by atoms with Crippen molar-refractivity contribution in [2.24, 2.45) is 0 Å². The summed E-state index contributed by atoms with van der Waals surface area (Å²) < 4.78 is 59.2. The van der Waals surface area contributed by atoms with E-state index >= 15 is 0 Å². The molecule has 0 unspecified atom stereocenters. The summed E-state index contributed by atoms with van der Waals surface area (Å²) in [7, 11) is -10.7. The normalized spacial score (nSPS) is 15.0. The second-order valence-electron chi connectivity index (χ2n) is 3.35. The zero-order valence-corrected chi connectivity index (χ0v) is 10.0. The van der Waals surface area contributed by atoms with E-state index in [9.17, 15) is 34.8 Å². The number of hydrogen-bond acceptors (Lipinski definition) is 2. The Labute approximate surface area is 96.1 Å². The van der Waals surface area contributed by atoms with Crippen LogP contribution in [0.4, 0.5) is 25.2 Å². The van der Waals surface area contributed by atoms with Crippen LogP contribution in [-0.2, 0) is 9.59 Å². The van der Waals surface area contributed by atoms with E-state index in [1.54, 1.807) is 0 Å². The Morgan fingerprint density at radius 1 is 1.06 bits per heavy atom. The van der Waals surface area contributed by atoms with Crippen LogP contribution in [0.1, 0.15) is 40.5 Å². The third-order valence-corrected chi connectivity index (χ3v) is 1.41. The topological polar surface area (TPSA) is 34.1 Å². The molecule has 2 nitrogen and oxygen atoms in total. The Hall–Kier alpha value is -0.650. The third-order valence-electron chi connectivity index (χ3n) is 1.41. The number of halogens is 6. The van der Waals surface area contributed by atoms with E-state index in [1.807, 2.05) is 0 Å². The first kappa shape index (κ1) is 18.7. The molecule has 0 bridgehead atoms. The summed E-state index contributed by atoms with van der Waals surface area (Å²) in [6.07, 6.45) is 5.10. The van der Waals surface area contributed by atoms with Crippen LogP contribution in [0.3, 0.4) is 0 Å². The van der Waals surface area contributed by atoms with E-state index in [2.05, 4.69) is 6.92 Å². The molecule has 0 aromatic rings. The van der Waals surface area contributed by atoms with E-state index < -0.39 is 7.81 Å². The van der Waals surface area contributed by atoms with Crippen molar-refractivity contribution in [1.82, 2.24) is 0 Å². The van der Waals surface area contributed by atoms with E-state index in [4.69, 9.17) is 0 Å². The Bertz CT molecular complexity index is 251. The molecule has 0 aliphatic heterocycles. The van der Waals surface area contributed by atoms with Gasteiger partial charge in [-0.2, -0.15) is 0 Å². The maximum atomic E-state index is 10.4. The zero-order valence-electron chi connectivity index (χ0n) is 10.1. The number of ketones is 1. The number of Topliss-reactive ketones (excluding diaryl/α,β-unsaturated/α-hetero) is 1. The minimum Gasteiger partial charge on any atom is 1.00 e. The average Bonchev–Trinajstić information content (AvgIpc) is 2.07. The molecule has 0 aliphatic carbocycles. The minimum absolute atomic E-state index is 0. The van der Waals surface area contributed by atoms with Gasteiger partial charge in [-0.25, -0.2) is 0 Å². The summed E-state index contributed by atoms with van der Waals surface area (Å²) in [5.41, 5.74) is 0. The Morgan fingerprint density at radius 2 is 1.47 bits per heavy atom. The van der Waals surface area contributed by atoms with Gasteiger partial charge in [0.1, 0.15) is 0 Å². The molecular weight excluding hydrogens is 273 g/mol. The molecule has 0 saturated carbocycles. The van der Waals surface area contributed by atoms with Crippen LogP contribution in [0.2, 0.25) is 0 Å². The van der Waals surface area contributed by atoms with Crippen molar-refractivity contribution in [2.75, 3.05) is 0 Å². The van der Waals surface area contributed by atoms with E-state index in [-0.39, 0.29) is 7.21 Å². The molecule has 0 aromatic carbocycles. The van der Waals surface area contributed by atoms with Gasteiger partial charge in [-0.1, -0.05) is 26.2 Å². The fraction of sp³-hybridized carbons (Fsp3) is 0.750. The molecule has 106 valence electrons. The fourth-order valence-corrected chi connectivity index (χ4v) is 0.785. The van der Waals surface area contributed by atoms with Crippen molar-refractivity contribution in [3.05, 3.63) is 0 Å². The van der Waals surface area contributed by atoms with Crippen LogP contribution >= 0.6 is 7.81 Å². The first-order valence-corrected chi connectivity index (χ1v) is 6.83. The third kappa shape index (κ3) is 50.6. The molecule has 0 radical (unpaired) electrons. The number of unbranched alkanes of at least 4 members (excludes halogenated alkanes) is 3. The van der Waals surface area contributed by atoms with Gasteiger partial charge in [0, 0.05) is 6.42 Å². The number of hydrogen-bond donors (Lipinski definition) is 0. The first-order chi connectivity index (χ1) is 7.26. The van der Waals surface area contributed by atoms with Gasteiger partial charge in [0.2, 0.25) is 0 Å². The van der Waals surface area contributed by atoms with Crippen LogP contribution in [0, 0.1) is 0 Å². The summed E-state index contributed by atoms with van der Waals surface area (Å²) in [5.74, 6) is -0.267. The Morgan fingerprint density at radius 3 is 1.76 bits per heavy atom. The predicted molar refractivity (Wildman–Crippen MR) is 54.5 cm³/mol. The van der Waals surface area contributed by atoms with E-state index in [1.165, 1.54) is 0 Å². The molecular formula is C8H15F6O2P. The van der Waals surface area contributed by atoms with Crippen LogP contribution in [0.5, 0.6) is 0 Å². The van der Waals surface area contributed by atoms with Gasteiger partial charge in [-0.3, -0.25) is 9.59 Å². The van der Waals surface area contributed by atoms with Gasteiger partial charge in [0.05, 0.1) is 0 Å². The Balaban J connectivity index is -0.000000251. The second kappa shape index (κ2) is 5.80. The summed E-state index contributed by atoms with van der Waals surface area (Å²) >= 11 is 0. The quantitative estimate of drug-likeness (QED) is 0.221. The van der Waals surface area contributed by atoms with Crippen molar-refractivity contribution in [3.63, 3.8) is 0 Å². The molecule has 0 aromatic heterocycles. The first-order valence-electron chi connectivity index (χ1n) is 4.80. The molecule has 0 amide bonds. The fourth-order valence-electron chi connectivity index (χ4n) is 0.785. The summed E-state index contributed by atoms with van der Waals surface area (Å²) in [4.78, 5) is 20.2. The van der Waals surface area contributed by atoms with Crippen LogP contribution in [0.15, 0.2) is 0 Å². The van der Waals surface area contributed by atoms with Gasteiger partial charge < -0.3 is 0 Å². The number of aldehydes is 1. The van der Waals surface area contributed by atoms with Gasteiger partial charge >= 0.3 is 34.4 Å². The van der Waals surface area contributed by atoms with Crippen LogP contribution in [-0.4, -0.2) is 12.1 Å². The molecule has 0 heterocycles. The summed E-state index contributed by atoms with van der Waals surface area (Å²) in [6, 6.07) is 0. The van der Waals surface area contributed by atoms with Gasteiger partial charge in [-0.15, -0.1) is 0 Å². The second-order valence-corrected chi connectivity index (χ2v) is 5.27. The molecule has 17 heavy (non-hydrogen) atoms. The van der Waals surface area contributed by atoms with E-state index in [0.717, 1.165) is 25.7 Å². The molecule has 0 saturated heterocycles. The monoisotopic (exact) mass is 288 g/mol. The predicted octanol–water partition coefficient (Wildman–Crippen LogP) is 5.22. The van der Waals surface area contributed by atoms with Crippen molar-refractivity contribution in [1.29, 1.82) is 0 Å². The molecule has 0 N–H and O–H groups in total. The number of rotatable bonds is 6. The molecule has 0 rings (SSSR count). The minimum atomic E-state index is -10.7. The molecule has 9 heteroatoms. The number of carbonyl (C=O) groups is 2. The average molecular weight is 288 g/mol. The van der Waals surface area contributed by atoms with E-state index in [0.29, 0.717) is 12.7 Å². The molecule has 0 fully saturated rings. The smallest absolute Gasteiger partial charge is 1.00 e. The van der Waals surface area contributed by atoms with Crippen molar-refractivity contribution >= 4 is 19.9 Å². The summed E-state index contributed by atoms with van der Waals surface area (Å²) in [5, 5.41) is 0. The Kier molecular flexibility index (Phi) is 6.38. The maximum absolute atomic E-state index is 10.7. The number of carbonyl (C=O) groups excluding carboxylic acids is 2.